The van der Waals surface area contributed by atoms with Gasteiger partial charge in [0.25, 0.3) is 0 Å². The van der Waals surface area contributed by atoms with E-state index in [1.54, 1.807) is 7.11 Å². The molecule has 0 aliphatic rings. The average molecular weight is 279 g/mol. The first kappa shape index (κ1) is 16.8. The summed E-state index contributed by atoms with van der Waals surface area (Å²) in [6.07, 6.45) is 0. The fourth-order valence-electron chi connectivity index (χ4n) is 2.53. The maximum absolute atomic E-state index is 12.5. The summed E-state index contributed by atoms with van der Waals surface area (Å²) in [6, 6.07) is 4.07. The monoisotopic (exact) mass is 279 g/mol. The molecule has 1 rings (SSSR count). The van der Waals surface area contributed by atoms with Gasteiger partial charge in [-0.15, -0.1) is 0 Å². The third-order valence-electron chi connectivity index (χ3n) is 3.35. The van der Waals surface area contributed by atoms with Crippen LogP contribution in [-0.2, 0) is 4.74 Å². The maximum Gasteiger partial charge on any atom is 0.177 e. The molecule has 0 saturated carbocycles. The molecule has 0 radical (unpaired) electrons. The molecule has 0 amide bonds. The molecule has 0 aliphatic carbocycles. The lowest BCUT2D eigenvalue weighted by atomic mass is 9.96. The van der Waals surface area contributed by atoms with Crippen LogP contribution in [0.2, 0.25) is 0 Å². The predicted octanol–water partition coefficient (Wildman–Crippen LogP) is 1.74. The number of nitrogens with zero attached hydrogens (tertiary/aromatic N) is 1. The number of methoxy groups -OCH3 is 1. The number of hydrogen-bond acceptors (Lipinski definition) is 4. The van der Waals surface area contributed by atoms with Gasteiger partial charge >= 0.3 is 0 Å². The van der Waals surface area contributed by atoms with Gasteiger partial charge in [0.05, 0.1) is 19.8 Å². The molecule has 0 bridgehead atoms. The molecule has 0 spiro atoms. The molecule has 0 unspecified atom stereocenters. The van der Waals surface area contributed by atoms with Crippen LogP contribution >= 0.6 is 0 Å². The van der Waals surface area contributed by atoms with E-state index in [0.29, 0.717) is 26.2 Å². The number of hydrogen-bond donors (Lipinski definition) is 1. The minimum atomic E-state index is 0.0445. The summed E-state index contributed by atoms with van der Waals surface area (Å²) in [5, 5.41) is 9.07. The summed E-state index contributed by atoms with van der Waals surface area (Å²) in [7, 11) is 1.63. The number of aryl methyl sites for hydroxylation is 3. The highest BCUT2D eigenvalue weighted by Crippen LogP contribution is 2.17. The Bertz CT molecular complexity index is 434. The Morgan fingerprint density at radius 3 is 2.30 bits per heavy atom. The van der Waals surface area contributed by atoms with Gasteiger partial charge in [-0.1, -0.05) is 17.7 Å². The van der Waals surface area contributed by atoms with Crippen LogP contribution in [0, 0.1) is 20.8 Å². The lowest BCUT2D eigenvalue weighted by Crippen LogP contribution is -2.35. The number of Topliss-reactive ketones (excluding diaryl/α,β-unsaturated/α-hetero) is 1. The zero-order valence-electron chi connectivity index (χ0n) is 12.9. The molecule has 1 aromatic rings. The van der Waals surface area contributed by atoms with E-state index in [9.17, 15) is 4.79 Å². The van der Waals surface area contributed by atoms with Gasteiger partial charge in [-0.2, -0.15) is 0 Å². The summed E-state index contributed by atoms with van der Waals surface area (Å²) < 4.78 is 5.03. The molecular weight excluding hydrogens is 254 g/mol. The molecule has 0 fully saturated rings. The van der Waals surface area contributed by atoms with E-state index < -0.39 is 0 Å². The fourth-order valence-corrected chi connectivity index (χ4v) is 2.53. The number of rotatable bonds is 8. The van der Waals surface area contributed by atoms with Crippen LogP contribution in [0.25, 0.3) is 0 Å². The third kappa shape index (κ3) is 4.71. The largest absolute Gasteiger partial charge is 0.395 e. The first-order chi connectivity index (χ1) is 9.49. The van der Waals surface area contributed by atoms with Gasteiger partial charge in [0.1, 0.15) is 0 Å². The summed E-state index contributed by atoms with van der Waals surface area (Å²) >= 11 is 0. The molecule has 4 heteroatoms. The molecule has 112 valence electrons. The van der Waals surface area contributed by atoms with Gasteiger partial charge < -0.3 is 9.84 Å². The Hall–Kier alpha value is -1.23. The van der Waals surface area contributed by atoms with Gasteiger partial charge in [0.2, 0.25) is 0 Å². The van der Waals surface area contributed by atoms with Crippen molar-refractivity contribution < 1.29 is 14.6 Å². The molecule has 0 atom stereocenters. The molecule has 0 heterocycles. The lowest BCUT2D eigenvalue weighted by Gasteiger charge is -2.21. The van der Waals surface area contributed by atoms with E-state index in [4.69, 9.17) is 9.84 Å². The molecule has 0 saturated heterocycles. The first-order valence-corrected chi connectivity index (χ1v) is 6.92. The number of benzene rings is 1. The van der Waals surface area contributed by atoms with Crippen LogP contribution < -0.4 is 0 Å². The van der Waals surface area contributed by atoms with E-state index >= 15 is 0 Å². The molecule has 0 aliphatic heterocycles. The van der Waals surface area contributed by atoms with Crippen molar-refractivity contribution >= 4 is 5.78 Å². The van der Waals surface area contributed by atoms with Crippen LogP contribution in [0.1, 0.15) is 27.0 Å². The highest BCUT2D eigenvalue weighted by molar-refractivity contribution is 6.00. The van der Waals surface area contributed by atoms with Gasteiger partial charge in [0, 0.05) is 25.8 Å². The minimum Gasteiger partial charge on any atom is -0.395 e. The number of aliphatic hydroxyl groups is 1. The van der Waals surface area contributed by atoms with Crippen molar-refractivity contribution in [1.29, 1.82) is 0 Å². The fraction of sp³-hybridized carbons (Fsp3) is 0.562. The van der Waals surface area contributed by atoms with E-state index in [2.05, 4.69) is 0 Å². The van der Waals surface area contributed by atoms with Gasteiger partial charge in [-0.25, -0.2) is 0 Å². The first-order valence-electron chi connectivity index (χ1n) is 6.92. The van der Waals surface area contributed by atoms with Crippen molar-refractivity contribution in [2.45, 2.75) is 20.8 Å². The Labute approximate surface area is 121 Å². The smallest absolute Gasteiger partial charge is 0.177 e. The Morgan fingerprint density at radius 1 is 1.20 bits per heavy atom. The number of ketones is 1. The second kappa shape index (κ2) is 8.15. The highest BCUT2D eigenvalue weighted by atomic mass is 16.5. The van der Waals surface area contributed by atoms with E-state index in [-0.39, 0.29) is 12.4 Å². The van der Waals surface area contributed by atoms with Crippen LogP contribution in [0.3, 0.4) is 0 Å². The number of carbonyl (C=O) groups is 1. The number of carbonyl (C=O) groups excluding carboxylic acids is 1. The van der Waals surface area contributed by atoms with Crippen molar-refractivity contribution in [2.24, 2.45) is 0 Å². The van der Waals surface area contributed by atoms with Crippen LogP contribution in [0.5, 0.6) is 0 Å². The second-order valence-electron chi connectivity index (χ2n) is 5.19. The van der Waals surface area contributed by atoms with E-state index in [0.717, 1.165) is 16.7 Å². The second-order valence-corrected chi connectivity index (χ2v) is 5.19. The molecule has 4 nitrogen and oxygen atoms in total. The minimum absolute atomic E-state index is 0.0445. The Balaban J connectivity index is 2.83. The maximum atomic E-state index is 12.5. The number of aliphatic hydroxyl groups excluding tert-OH is 1. The average Bonchev–Trinajstić information content (AvgIpc) is 2.34. The summed E-state index contributed by atoms with van der Waals surface area (Å²) in [5.74, 6) is 0.101. The van der Waals surface area contributed by atoms with Crippen LogP contribution in [-0.4, -0.2) is 55.7 Å². The summed E-state index contributed by atoms with van der Waals surface area (Å²) in [4.78, 5) is 14.4. The van der Waals surface area contributed by atoms with Crippen molar-refractivity contribution in [1.82, 2.24) is 4.90 Å². The Morgan fingerprint density at radius 2 is 1.80 bits per heavy atom. The van der Waals surface area contributed by atoms with Crippen molar-refractivity contribution in [3.63, 3.8) is 0 Å². The standard InChI is InChI=1S/C16H25NO3/c1-12-9-13(2)16(14(3)10-12)15(19)11-17(5-7-18)6-8-20-4/h9-10,18H,5-8,11H2,1-4H3. The van der Waals surface area contributed by atoms with Gasteiger partial charge in [-0.05, 0) is 31.9 Å². The molecule has 20 heavy (non-hydrogen) atoms. The zero-order valence-corrected chi connectivity index (χ0v) is 12.9. The Kier molecular flexibility index (Phi) is 6.85. The van der Waals surface area contributed by atoms with Crippen molar-refractivity contribution in [3.8, 4) is 0 Å². The zero-order chi connectivity index (χ0) is 15.1. The normalized spacial score (nSPS) is 11.1. The topological polar surface area (TPSA) is 49.8 Å². The quantitative estimate of drug-likeness (QED) is 0.736. The summed E-state index contributed by atoms with van der Waals surface area (Å²) in [5.41, 5.74) is 4.01. The highest BCUT2D eigenvalue weighted by Gasteiger charge is 2.16. The van der Waals surface area contributed by atoms with Crippen LogP contribution in [0.4, 0.5) is 0 Å². The van der Waals surface area contributed by atoms with E-state index in [1.165, 1.54) is 5.56 Å². The summed E-state index contributed by atoms with van der Waals surface area (Å²) in [6.45, 7) is 8.02. The van der Waals surface area contributed by atoms with Gasteiger partial charge in [-0.3, -0.25) is 9.69 Å². The van der Waals surface area contributed by atoms with Crippen LogP contribution in [0.15, 0.2) is 12.1 Å². The molecule has 0 aromatic heterocycles. The van der Waals surface area contributed by atoms with Gasteiger partial charge in [0.15, 0.2) is 5.78 Å². The molecule has 1 aromatic carbocycles. The lowest BCUT2D eigenvalue weighted by molar-refractivity contribution is 0.0867. The molecule has 1 N–H and O–H groups in total. The van der Waals surface area contributed by atoms with Crippen molar-refractivity contribution in [2.75, 3.05) is 40.0 Å². The third-order valence-corrected chi connectivity index (χ3v) is 3.35. The van der Waals surface area contributed by atoms with E-state index in [1.807, 2.05) is 37.8 Å². The van der Waals surface area contributed by atoms with Crippen molar-refractivity contribution in [3.05, 3.63) is 34.4 Å². The number of ether oxygens (including phenoxy) is 1. The SMILES string of the molecule is COCCN(CCO)CC(=O)c1c(C)cc(C)cc1C. The predicted molar refractivity (Wildman–Crippen MR) is 80.4 cm³/mol. The molecular formula is C16H25NO3.